The number of aryl methyl sites for hydroxylation is 2. The van der Waals surface area contributed by atoms with Gasteiger partial charge in [0.25, 0.3) is 5.91 Å². The van der Waals surface area contributed by atoms with Crippen LogP contribution >= 0.6 is 11.3 Å². The SMILES string of the molecule is CCc1ccc2c(c1)s/c(=N\C(=O)c1ccc(C)cc1)n2C(C)C(=O)O. The highest BCUT2D eigenvalue weighted by Crippen LogP contribution is 2.23. The minimum Gasteiger partial charge on any atom is -0.480 e. The van der Waals surface area contributed by atoms with Crippen molar-refractivity contribution in [2.75, 3.05) is 0 Å². The summed E-state index contributed by atoms with van der Waals surface area (Å²) in [5.41, 5.74) is 3.48. The van der Waals surface area contributed by atoms with Crippen molar-refractivity contribution in [3.05, 3.63) is 64.0 Å². The van der Waals surface area contributed by atoms with Crippen LogP contribution in [0.15, 0.2) is 47.5 Å². The first-order valence-corrected chi connectivity index (χ1v) is 9.25. The first-order chi connectivity index (χ1) is 12.4. The van der Waals surface area contributed by atoms with Crippen molar-refractivity contribution in [2.45, 2.75) is 33.2 Å². The van der Waals surface area contributed by atoms with Crippen LogP contribution in [0.5, 0.6) is 0 Å². The first-order valence-electron chi connectivity index (χ1n) is 8.43. The lowest BCUT2D eigenvalue weighted by atomic mass is 10.1. The van der Waals surface area contributed by atoms with E-state index in [1.165, 1.54) is 11.3 Å². The van der Waals surface area contributed by atoms with Crippen molar-refractivity contribution in [3.63, 3.8) is 0 Å². The Balaban J connectivity index is 2.19. The zero-order valence-corrected chi connectivity index (χ0v) is 15.7. The average molecular weight is 368 g/mol. The van der Waals surface area contributed by atoms with Gasteiger partial charge in [-0.2, -0.15) is 4.99 Å². The Bertz CT molecular complexity index is 1050. The molecular formula is C20H20N2O3S. The van der Waals surface area contributed by atoms with Gasteiger partial charge in [-0.15, -0.1) is 0 Å². The van der Waals surface area contributed by atoms with Gasteiger partial charge in [0.2, 0.25) is 0 Å². The minimum absolute atomic E-state index is 0.376. The van der Waals surface area contributed by atoms with Gasteiger partial charge < -0.3 is 9.67 Å². The molecule has 0 spiro atoms. The monoisotopic (exact) mass is 368 g/mol. The number of carboxylic acid groups (broad SMARTS) is 1. The van der Waals surface area contributed by atoms with E-state index in [1.807, 2.05) is 37.3 Å². The molecule has 3 aromatic rings. The predicted octanol–water partition coefficient (Wildman–Crippen LogP) is 3.96. The van der Waals surface area contributed by atoms with Crippen LogP contribution in [0.4, 0.5) is 0 Å². The number of hydrogen-bond acceptors (Lipinski definition) is 3. The van der Waals surface area contributed by atoms with Gasteiger partial charge in [0.15, 0.2) is 4.80 Å². The molecule has 0 fully saturated rings. The number of carboxylic acids is 1. The van der Waals surface area contributed by atoms with Crippen LogP contribution in [0.1, 0.15) is 41.4 Å². The van der Waals surface area contributed by atoms with E-state index in [0.717, 1.165) is 27.8 Å². The number of carbonyl (C=O) groups is 2. The Morgan fingerprint density at radius 2 is 1.88 bits per heavy atom. The van der Waals surface area contributed by atoms with Crippen LogP contribution in [0, 0.1) is 6.92 Å². The van der Waals surface area contributed by atoms with Crippen molar-refractivity contribution in [1.82, 2.24) is 4.57 Å². The van der Waals surface area contributed by atoms with E-state index < -0.39 is 12.0 Å². The molecule has 1 atom stereocenters. The van der Waals surface area contributed by atoms with E-state index in [-0.39, 0.29) is 5.91 Å². The van der Waals surface area contributed by atoms with Gasteiger partial charge in [-0.3, -0.25) is 4.79 Å². The Morgan fingerprint density at radius 3 is 2.50 bits per heavy atom. The number of benzene rings is 2. The molecule has 0 bridgehead atoms. The minimum atomic E-state index is -0.964. The van der Waals surface area contributed by atoms with Crippen LogP contribution in [0.3, 0.4) is 0 Å². The molecule has 0 saturated heterocycles. The van der Waals surface area contributed by atoms with Crippen molar-refractivity contribution in [1.29, 1.82) is 0 Å². The summed E-state index contributed by atoms with van der Waals surface area (Å²) in [6.45, 7) is 5.61. The summed E-state index contributed by atoms with van der Waals surface area (Å²) in [6, 6.07) is 12.3. The van der Waals surface area contributed by atoms with Gasteiger partial charge in [-0.1, -0.05) is 42.0 Å². The lowest BCUT2D eigenvalue weighted by Crippen LogP contribution is -2.25. The van der Waals surface area contributed by atoms with Crippen molar-refractivity contribution in [3.8, 4) is 0 Å². The fraction of sp³-hybridized carbons (Fsp3) is 0.250. The number of aliphatic carboxylic acids is 1. The maximum Gasteiger partial charge on any atom is 0.326 e. The molecule has 1 amide bonds. The predicted molar refractivity (Wildman–Crippen MR) is 103 cm³/mol. The zero-order chi connectivity index (χ0) is 18.8. The molecule has 0 aliphatic heterocycles. The molecule has 1 N–H and O–H groups in total. The summed E-state index contributed by atoms with van der Waals surface area (Å²) in [7, 11) is 0. The van der Waals surface area contributed by atoms with Crippen LogP contribution in [0.2, 0.25) is 0 Å². The van der Waals surface area contributed by atoms with Gasteiger partial charge in [0.1, 0.15) is 6.04 Å². The fourth-order valence-corrected chi connectivity index (χ4v) is 3.88. The van der Waals surface area contributed by atoms with Gasteiger partial charge in [-0.25, -0.2) is 4.79 Å². The molecule has 0 saturated carbocycles. The third-order valence-electron chi connectivity index (χ3n) is 4.34. The maximum atomic E-state index is 12.5. The van der Waals surface area contributed by atoms with Crippen LogP contribution in [-0.2, 0) is 11.2 Å². The summed E-state index contributed by atoms with van der Waals surface area (Å²) in [4.78, 5) is 28.7. The molecule has 26 heavy (non-hydrogen) atoms. The molecule has 5 nitrogen and oxygen atoms in total. The molecule has 1 heterocycles. The number of thiazole rings is 1. The third-order valence-corrected chi connectivity index (χ3v) is 5.36. The second-order valence-electron chi connectivity index (χ2n) is 6.21. The number of carbonyl (C=O) groups excluding carboxylic acids is 1. The molecular weight excluding hydrogens is 348 g/mol. The quantitative estimate of drug-likeness (QED) is 0.758. The molecule has 134 valence electrons. The molecule has 6 heteroatoms. The Morgan fingerprint density at radius 1 is 1.19 bits per heavy atom. The molecule has 3 rings (SSSR count). The number of amides is 1. The molecule has 1 aromatic heterocycles. The highest BCUT2D eigenvalue weighted by Gasteiger charge is 2.19. The van der Waals surface area contributed by atoms with Crippen LogP contribution < -0.4 is 4.80 Å². The molecule has 0 aliphatic rings. The summed E-state index contributed by atoms with van der Waals surface area (Å²) >= 11 is 1.34. The first kappa shape index (κ1) is 18.1. The largest absolute Gasteiger partial charge is 0.480 e. The Hall–Kier alpha value is -2.73. The van der Waals surface area contributed by atoms with Gasteiger partial charge in [0, 0.05) is 5.56 Å². The number of hydrogen-bond donors (Lipinski definition) is 1. The maximum absolute atomic E-state index is 12.5. The normalized spacial score (nSPS) is 13.1. The van der Waals surface area contributed by atoms with E-state index in [4.69, 9.17) is 0 Å². The zero-order valence-electron chi connectivity index (χ0n) is 14.9. The van der Waals surface area contributed by atoms with Gasteiger partial charge in [0.05, 0.1) is 10.2 Å². The second kappa shape index (κ2) is 7.25. The van der Waals surface area contributed by atoms with E-state index in [0.29, 0.717) is 10.4 Å². The van der Waals surface area contributed by atoms with E-state index in [2.05, 4.69) is 11.9 Å². The summed E-state index contributed by atoms with van der Waals surface area (Å²) in [6.07, 6.45) is 0.886. The second-order valence-corrected chi connectivity index (χ2v) is 7.22. The lowest BCUT2D eigenvalue weighted by Gasteiger charge is -2.10. The summed E-state index contributed by atoms with van der Waals surface area (Å²) in [5, 5.41) is 9.48. The highest BCUT2D eigenvalue weighted by atomic mass is 32.1. The highest BCUT2D eigenvalue weighted by molar-refractivity contribution is 7.16. The van der Waals surface area contributed by atoms with Crippen molar-refractivity contribution in [2.24, 2.45) is 4.99 Å². The van der Waals surface area contributed by atoms with Crippen molar-refractivity contribution >= 4 is 33.4 Å². The van der Waals surface area contributed by atoms with Crippen LogP contribution in [-0.4, -0.2) is 21.6 Å². The smallest absolute Gasteiger partial charge is 0.326 e. The van der Waals surface area contributed by atoms with Crippen molar-refractivity contribution < 1.29 is 14.7 Å². The number of aromatic nitrogens is 1. The van der Waals surface area contributed by atoms with E-state index >= 15 is 0 Å². The standard InChI is InChI=1S/C20H20N2O3S/c1-4-14-7-10-16-17(11-14)26-20(22(16)13(3)19(24)25)21-18(23)15-8-5-12(2)6-9-15/h5-11,13H,4H2,1-3H3,(H,24,25)/b21-20-. The molecule has 0 radical (unpaired) electrons. The van der Waals surface area contributed by atoms with Crippen LogP contribution in [0.25, 0.3) is 10.2 Å². The van der Waals surface area contributed by atoms with E-state index in [1.54, 1.807) is 23.6 Å². The third kappa shape index (κ3) is 3.46. The van der Waals surface area contributed by atoms with E-state index in [9.17, 15) is 14.7 Å². The molecule has 0 aliphatic carbocycles. The molecule has 2 aromatic carbocycles. The van der Waals surface area contributed by atoms with Gasteiger partial charge in [-0.05, 0) is 50.1 Å². The average Bonchev–Trinajstić information content (AvgIpc) is 2.97. The number of rotatable bonds is 4. The van der Waals surface area contributed by atoms with Gasteiger partial charge >= 0.3 is 5.97 Å². The lowest BCUT2D eigenvalue weighted by molar-refractivity contribution is -0.140. The Kier molecular flexibility index (Phi) is 5.04. The molecule has 1 unspecified atom stereocenters. The summed E-state index contributed by atoms with van der Waals surface area (Å²) in [5.74, 6) is -1.34. The number of nitrogens with zero attached hydrogens (tertiary/aromatic N) is 2. The summed E-state index contributed by atoms with van der Waals surface area (Å²) < 4.78 is 2.54. The topological polar surface area (TPSA) is 71.7 Å². The Labute approximate surface area is 155 Å². The fourth-order valence-electron chi connectivity index (χ4n) is 2.72. The number of fused-ring (bicyclic) bond motifs is 1.